The SMILES string of the molecule is N#Cc1nn(-c2c(Cl)cc(C(F)(F)F)cc2Cl)c(NC/C=C\Cl)c1S(=O)C(F)(F)F. The minimum absolute atomic E-state index is 0.210. The fraction of sp³-hybridized carbons (Fsp3) is 0.200. The van der Waals surface area contributed by atoms with Crippen LogP contribution in [0.2, 0.25) is 10.0 Å². The summed E-state index contributed by atoms with van der Waals surface area (Å²) in [5.74, 6) is -0.611. The van der Waals surface area contributed by atoms with Gasteiger partial charge in [-0.2, -0.15) is 36.7 Å². The summed E-state index contributed by atoms with van der Waals surface area (Å²) in [5.41, 5.74) is -6.79. The van der Waals surface area contributed by atoms with E-state index in [0.717, 1.165) is 5.54 Å². The molecule has 30 heavy (non-hydrogen) atoms. The summed E-state index contributed by atoms with van der Waals surface area (Å²) in [6.07, 6.45) is -3.55. The lowest BCUT2D eigenvalue weighted by Gasteiger charge is -2.15. The predicted octanol–water partition coefficient (Wildman–Crippen LogP) is 5.86. The van der Waals surface area contributed by atoms with Crippen LogP contribution >= 0.6 is 34.8 Å². The molecule has 2 aromatic rings. The molecule has 1 atom stereocenters. The topological polar surface area (TPSA) is 70.7 Å². The van der Waals surface area contributed by atoms with E-state index in [1.54, 1.807) is 0 Å². The molecule has 0 fully saturated rings. The molecule has 1 N–H and O–H groups in total. The van der Waals surface area contributed by atoms with Gasteiger partial charge >= 0.3 is 11.7 Å². The van der Waals surface area contributed by atoms with E-state index < -0.39 is 60.2 Å². The molecule has 0 aliphatic heterocycles. The number of alkyl halides is 6. The van der Waals surface area contributed by atoms with Gasteiger partial charge in [-0.1, -0.05) is 40.9 Å². The monoisotopic (exact) mass is 510 g/mol. The smallest absolute Gasteiger partial charge is 0.365 e. The number of rotatable bonds is 5. The molecule has 1 aromatic heterocycles. The number of nitriles is 1. The molecule has 5 nitrogen and oxygen atoms in total. The van der Waals surface area contributed by atoms with E-state index in [0.29, 0.717) is 16.8 Å². The third kappa shape index (κ3) is 5.03. The van der Waals surface area contributed by atoms with Crippen LogP contribution in [0.4, 0.5) is 32.2 Å². The van der Waals surface area contributed by atoms with Crippen LogP contribution in [0.15, 0.2) is 28.6 Å². The maximum absolute atomic E-state index is 13.1. The first kappa shape index (κ1) is 24.3. The minimum Gasteiger partial charge on any atom is -0.365 e. The van der Waals surface area contributed by atoms with Gasteiger partial charge in [0.05, 0.1) is 15.6 Å². The lowest BCUT2D eigenvalue weighted by Crippen LogP contribution is -2.18. The molecule has 162 valence electrons. The summed E-state index contributed by atoms with van der Waals surface area (Å²) in [7, 11) is -3.71. The van der Waals surface area contributed by atoms with Crippen molar-refractivity contribution < 1.29 is 30.6 Å². The zero-order valence-electron chi connectivity index (χ0n) is 14.1. The Labute approximate surface area is 182 Å². The zero-order chi connectivity index (χ0) is 22.9. The number of nitrogens with one attached hydrogen (secondary N) is 1. The lowest BCUT2D eigenvalue weighted by atomic mass is 10.2. The second-order valence-corrected chi connectivity index (χ2v) is 7.77. The average Bonchev–Trinajstić information content (AvgIpc) is 2.97. The molecule has 1 aromatic carbocycles. The molecule has 0 aliphatic rings. The number of anilines is 1. The number of benzene rings is 1. The van der Waals surface area contributed by atoms with E-state index in [2.05, 4.69) is 10.4 Å². The molecule has 2 rings (SSSR count). The quantitative estimate of drug-likeness (QED) is 0.511. The van der Waals surface area contributed by atoms with Gasteiger partial charge in [0.1, 0.15) is 22.5 Å². The molecule has 0 radical (unpaired) electrons. The highest BCUT2D eigenvalue weighted by molar-refractivity contribution is 7.86. The minimum atomic E-state index is -5.26. The Morgan fingerprint density at radius 3 is 2.20 bits per heavy atom. The number of hydrogen-bond acceptors (Lipinski definition) is 4. The van der Waals surface area contributed by atoms with E-state index in [1.165, 1.54) is 12.1 Å². The molecular formula is C15H7Cl3F6N4OS. The Morgan fingerprint density at radius 1 is 1.20 bits per heavy atom. The summed E-state index contributed by atoms with van der Waals surface area (Å²) in [6, 6.07) is 2.34. The van der Waals surface area contributed by atoms with Crippen LogP contribution in [-0.2, 0) is 17.0 Å². The van der Waals surface area contributed by atoms with Gasteiger partial charge < -0.3 is 5.32 Å². The van der Waals surface area contributed by atoms with Crippen LogP contribution in [0, 0.1) is 11.3 Å². The van der Waals surface area contributed by atoms with E-state index in [4.69, 9.17) is 34.8 Å². The van der Waals surface area contributed by atoms with Crippen molar-refractivity contribution in [3.05, 3.63) is 45.0 Å². The lowest BCUT2D eigenvalue weighted by molar-refractivity contribution is -0.137. The van der Waals surface area contributed by atoms with Gasteiger partial charge in [-0.25, -0.2) is 8.89 Å². The largest absolute Gasteiger partial charge is 0.476 e. The van der Waals surface area contributed by atoms with Gasteiger partial charge in [0.15, 0.2) is 16.5 Å². The Hall–Kier alpha value is -1.94. The van der Waals surface area contributed by atoms with Crippen LogP contribution in [0.1, 0.15) is 11.3 Å². The summed E-state index contributed by atoms with van der Waals surface area (Å²) in [4.78, 5) is -1.04. The van der Waals surface area contributed by atoms with Crippen LogP contribution in [0.5, 0.6) is 0 Å². The summed E-state index contributed by atoms with van der Waals surface area (Å²) in [6.45, 7) is -0.210. The van der Waals surface area contributed by atoms with Gasteiger partial charge in [0.2, 0.25) is 0 Å². The third-order valence-electron chi connectivity index (χ3n) is 3.38. The Balaban J connectivity index is 2.82. The van der Waals surface area contributed by atoms with Gasteiger partial charge in [0.25, 0.3) is 0 Å². The molecule has 1 heterocycles. The van der Waals surface area contributed by atoms with Crippen molar-refractivity contribution in [2.45, 2.75) is 16.6 Å². The van der Waals surface area contributed by atoms with Crippen LogP contribution in [0.25, 0.3) is 5.69 Å². The fourth-order valence-corrected chi connectivity index (χ4v) is 3.78. The molecule has 0 saturated heterocycles. The van der Waals surface area contributed by atoms with Gasteiger partial charge in [-0.15, -0.1) is 0 Å². The van der Waals surface area contributed by atoms with E-state index >= 15 is 0 Å². The molecule has 1 unspecified atom stereocenters. The normalized spacial score (nSPS) is 13.5. The van der Waals surface area contributed by atoms with Crippen LogP contribution in [-0.4, -0.2) is 26.0 Å². The Morgan fingerprint density at radius 2 is 1.77 bits per heavy atom. The highest BCUT2D eigenvalue weighted by Crippen LogP contribution is 2.41. The first-order valence-corrected chi connectivity index (χ1v) is 9.74. The Bertz CT molecular complexity index is 1040. The standard InChI is InChI=1S/C15H7Cl3F6N4OS/c16-2-1-3-26-13-12(30(29)15(22,23)24)10(6-25)27-28(13)11-8(17)4-7(5-9(11)18)14(19,20)21/h1-2,4-5,26H,3H2/b2-1-. The summed E-state index contributed by atoms with van der Waals surface area (Å²) >= 11 is 17.1. The van der Waals surface area contributed by atoms with Crippen molar-refractivity contribution in [3.63, 3.8) is 0 Å². The van der Waals surface area contributed by atoms with E-state index in [9.17, 15) is 35.8 Å². The molecule has 0 bridgehead atoms. The van der Waals surface area contributed by atoms with Crippen molar-refractivity contribution in [3.8, 4) is 11.8 Å². The van der Waals surface area contributed by atoms with Crippen molar-refractivity contribution in [2.24, 2.45) is 0 Å². The van der Waals surface area contributed by atoms with E-state index in [1.807, 2.05) is 0 Å². The second kappa shape index (κ2) is 9.05. The maximum Gasteiger partial charge on any atom is 0.476 e. The van der Waals surface area contributed by atoms with E-state index in [-0.39, 0.29) is 6.54 Å². The molecular weight excluding hydrogens is 505 g/mol. The Kier molecular flexibility index (Phi) is 7.34. The molecule has 15 heteroatoms. The van der Waals surface area contributed by atoms with Gasteiger partial charge in [-0.05, 0) is 12.1 Å². The second-order valence-electron chi connectivity index (χ2n) is 5.29. The predicted molar refractivity (Wildman–Crippen MR) is 99.2 cm³/mol. The maximum atomic E-state index is 13.1. The van der Waals surface area contributed by atoms with Crippen molar-refractivity contribution >= 4 is 51.4 Å². The summed E-state index contributed by atoms with van der Waals surface area (Å²) < 4.78 is 90.7. The number of halogens is 9. The number of nitrogens with zero attached hydrogens (tertiary/aromatic N) is 3. The van der Waals surface area contributed by atoms with Gasteiger partial charge in [0, 0.05) is 12.1 Å². The molecule has 0 aliphatic carbocycles. The van der Waals surface area contributed by atoms with Crippen LogP contribution < -0.4 is 5.32 Å². The van der Waals surface area contributed by atoms with Crippen molar-refractivity contribution in [1.82, 2.24) is 9.78 Å². The fourth-order valence-electron chi connectivity index (χ4n) is 2.22. The third-order valence-corrected chi connectivity index (χ3v) is 5.31. The molecule has 0 amide bonds. The number of aromatic nitrogens is 2. The first-order valence-electron chi connectivity index (χ1n) is 7.40. The molecule has 0 spiro atoms. The van der Waals surface area contributed by atoms with Crippen molar-refractivity contribution in [1.29, 1.82) is 5.26 Å². The first-order chi connectivity index (χ1) is 13.8. The highest BCUT2D eigenvalue weighted by atomic mass is 35.5. The van der Waals surface area contributed by atoms with Gasteiger partial charge in [-0.3, -0.25) is 0 Å². The molecule has 0 saturated carbocycles. The number of hydrogen-bond donors (Lipinski definition) is 1. The average molecular weight is 512 g/mol. The summed E-state index contributed by atoms with van der Waals surface area (Å²) in [5, 5.41) is 14.0. The zero-order valence-corrected chi connectivity index (χ0v) is 17.2. The van der Waals surface area contributed by atoms with Crippen molar-refractivity contribution in [2.75, 3.05) is 11.9 Å². The highest BCUT2D eigenvalue weighted by Gasteiger charge is 2.43. The van der Waals surface area contributed by atoms with Crippen LogP contribution in [0.3, 0.4) is 0 Å².